The van der Waals surface area contributed by atoms with Crippen LogP contribution in [0.1, 0.15) is 41.6 Å². The molecule has 0 saturated heterocycles. The fourth-order valence-electron chi connectivity index (χ4n) is 6.14. The summed E-state index contributed by atoms with van der Waals surface area (Å²) in [4.78, 5) is 10.2. The Hall–Kier alpha value is -4.96. The van der Waals surface area contributed by atoms with Gasteiger partial charge in [0, 0.05) is 28.2 Å². The van der Waals surface area contributed by atoms with Crippen LogP contribution in [0.25, 0.3) is 34.1 Å². The molecule has 4 nitrogen and oxygen atoms in total. The molecule has 0 saturated carbocycles. The Labute approximate surface area is 238 Å². The number of hydrogen-bond acceptors (Lipinski definition) is 4. The molecule has 0 fully saturated rings. The predicted molar refractivity (Wildman–Crippen MR) is 168 cm³/mol. The minimum atomic E-state index is -0.316. The summed E-state index contributed by atoms with van der Waals surface area (Å²) in [5, 5.41) is 8.45. The topological polar surface area (TPSA) is 49.9 Å². The molecule has 2 heterocycles. The molecule has 0 bridgehead atoms. The lowest BCUT2D eigenvalue weighted by Crippen LogP contribution is -2.39. The number of nitrogens with zero attached hydrogens (tertiary/aromatic N) is 2. The number of nitrogens with one attached hydrogen (secondary N) is 1. The highest BCUT2D eigenvalue weighted by atomic mass is 16.3. The number of hydrogen-bond donors (Lipinski definition) is 1. The molecular formula is C37H29N3O. The standard InChI is InChI=1S/C37H29N3O/c1-2-9-26(10-3-1)35-38-36(27-17-14-25(15-18-27)29-19-16-24-8-4-5-11-28(24)22-29)40-37(39-35)30-20-21-32-31-12-6-7-13-33(31)41-34(32)23-30/h1-9,11-18,20-23,26,29,36H,10,19H2,(H,38,39,40). The molecule has 1 N–H and O–H groups in total. The second-order valence-electron chi connectivity index (χ2n) is 11.0. The van der Waals surface area contributed by atoms with E-state index in [1.807, 2.05) is 18.2 Å². The first-order valence-corrected chi connectivity index (χ1v) is 14.3. The highest BCUT2D eigenvalue weighted by Gasteiger charge is 2.25. The van der Waals surface area contributed by atoms with Gasteiger partial charge in [-0.2, -0.15) is 0 Å². The van der Waals surface area contributed by atoms with E-state index in [2.05, 4.69) is 115 Å². The Morgan fingerprint density at radius 1 is 0.683 bits per heavy atom. The molecule has 8 rings (SSSR count). The van der Waals surface area contributed by atoms with Crippen molar-refractivity contribution in [2.45, 2.75) is 24.9 Å². The molecule has 0 radical (unpaired) electrons. The largest absolute Gasteiger partial charge is 0.456 e. The average molecular weight is 532 g/mol. The number of fused-ring (bicyclic) bond motifs is 4. The molecule has 0 amide bonds. The maximum atomic E-state index is 6.19. The molecule has 198 valence electrons. The number of benzene rings is 4. The third kappa shape index (κ3) is 4.42. The van der Waals surface area contributed by atoms with E-state index >= 15 is 0 Å². The summed E-state index contributed by atoms with van der Waals surface area (Å²) in [5.41, 5.74) is 5.16. The fourth-order valence-corrected chi connectivity index (χ4v) is 6.14. The highest BCUT2D eigenvalue weighted by Crippen LogP contribution is 2.32. The van der Waals surface area contributed by atoms with Crippen LogP contribution < -0.4 is 15.8 Å². The molecule has 3 atom stereocenters. The van der Waals surface area contributed by atoms with Gasteiger partial charge < -0.3 is 9.73 Å². The average Bonchev–Trinajstić information content (AvgIpc) is 3.43. The van der Waals surface area contributed by atoms with Crippen molar-refractivity contribution in [2.75, 3.05) is 0 Å². The minimum Gasteiger partial charge on any atom is -0.456 e. The van der Waals surface area contributed by atoms with Gasteiger partial charge in [0.15, 0.2) is 6.17 Å². The summed E-state index contributed by atoms with van der Waals surface area (Å²) in [6.07, 6.45) is 15.0. The van der Waals surface area contributed by atoms with Gasteiger partial charge in [0.1, 0.15) is 22.8 Å². The second kappa shape index (κ2) is 9.90. The van der Waals surface area contributed by atoms with Crippen molar-refractivity contribution in [3.63, 3.8) is 0 Å². The first kappa shape index (κ1) is 23.9. The van der Waals surface area contributed by atoms with E-state index in [-0.39, 0.29) is 12.1 Å². The van der Waals surface area contributed by atoms with Crippen LogP contribution in [0.15, 0.2) is 130 Å². The van der Waals surface area contributed by atoms with Crippen molar-refractivity contribution in [3.8, 4) is 0 Å². The minimum absolute atomic E-state index is 0.189. The van der Waals surface area contributed by atoms with Crippen LogP contribution in [-0.2, 0) is 0 Å². The lowest BCUT2D eigenvalue weighted by molar-refractivity contribution is 0.668. The van der Waals surface area contributed by atoms with Gasteiger partial charge in [0.05, 0.1) is 0 Å². The maximum absolute atomic E-state index is 6.19. The van der Waals surface area contributed by atoms with Gasteiger partial charge in [-0.1, -0.05) is 109 Å². The Morgan fingerprint density at radius 2 is 1.49 bits per heavy atom. The summed E-state index contributed by atoms with van der Waals surface area (Å²) in [7, 11) is 0. The van der Waals surface area contributed by atoms with Crippen LogP contribution in [-0.4, -0.2) is 11.7 Å². The molecule has 41 heavy (non-hydrogen) atoms. The molecule has 3 aliphatic rings. The van der Waals surface area contributed by atoms with E-state index in [9.17, 15) is 0 Å². The van der Waals surface area contributed by atoms with Crippen molar-refractivity contribution in [2.24, 2.45) is 15.9 Å². The van der Waals surface area contributed by atoms with Crippen LogP contribution in [0.2, 0.25) is 0 Å². The number of para-hydroxylation sites is 1. The van der Waals surface area contributed by atoms with Crippen LogP contribution in [0, 0.1) is 5.92 Å². The van der Waals surface area contributed by atoms with E-state index in [0.717, 1.165) is 57.6 Å². The summed E-state index contributed by atoms with van der Waals surface area (Å²) in [6, 6.07) is 32.0. The fraction of sp³-hybridized carbons (Fsp3) is 0.135. The molecule has 5 aromatic rings. The van der Waals surface area contributed by atoms with E-state index in [4.69, 9.17) is 14.4 Å². The van der Waals surface area contributed by atoms with Gasteiger partial charge in [-0.25, -0.2) is 9.98 Å². The van der Waals surface area contributed by atoms with Gasteiger partial charge in [-0.3, -0.25) is 0 Å². The number of rotatable bonds is 4. The first-order chi connectivity index (χ1) is 20.3. The normalized spacial score (nSPS) is 21.4. The zero-order chi connectivity index (χ0) is 27.2. The van der Waals surface area contributed by atoms with Gasteiger partial charge in [-0.15, -0.1) is 0 Å². The molecule has 2 aliphatic carbocycles. The number of amidine groups is 2. The van der Waals surface area contributed by atoms with Crippen molar-refractivity contribution in [1.82, 2.24) is 5.32 Å². The number of aliphatic imine (C=N–C) groups is 2. The zero-order valence-electron chi connectivity index (χ0n) is 22.6. The van der Waals surface area contributed by atoms with Crippen molar-refractivity contribution in [3.05, 3.63) is 142 Å². The third-order valence-corrected chi connectivity index (χ3v) is 8.37. The smallest absolute Gasteiger partial charge is 0.169 e. The molecule has 3 unspecified atom stereocenters. The summed E-state index contributed by atoms with van der Waals surface area (Å²) in [6.45, 7) is 0. The quantitative estimate of drug-likeness (QED) is 0.274. The molecule has 0 spiro atoms. The van der Waals surface area contributed by atoms with Crippen molar-refractivity contribution in [1.29, 1.82) is 0 Å². The first-order valence-electron chi connectivity index (χ1n) is 14.3. The molecule has 1 aliphatic heterocycles. The molecule has 4 aromatic carbocycles. The lowest BCUT2D eigenvalue weighted by atomic mass is 9.90. The van der Waals surface area contributed by atoms with E-state index in [1.54, 1.807) is 0 Å². The monoisotopic (exact) mass is 531 g/mol. The lowest BCUT2D eigenvalue weighted by Gasteiger charge is -2.26. The van der Waals surface area contributed by atoms with E-state index in [1.165, 1.54) is 16.0 Å². The summed E-state index contributed by atoms with van der Waals surface area (Å²) < 4.78 is 6.19. The van der Waals surface area contributed by atoms with Crippen LogP contribution >= 0.6 is 0 Å². The number of allylic oxidation sites excluding steroid dienone is 3. The van der Waals surface area contributed by atoms with Gasteiger partial charge in [-0.05, 0) is 52.6 Å². The Kier molecular flexibility index (Phi) is 5.77. The predicted octanol–water partition coefficient (Wildman–Crippen LogP) is 6.91. The van der Waals surface area contributed by atoms with Gasteiger partial charge in [0.25, 0.3) is 0 Å². The molecule has 1 aromatic heterocycles. The van der Waals surface area contributed by atoms with Crippen molar-refractivity contribution >= 4 is 45.8 Å². The molecule has 4 heteroatoms. The summed E-state index contributed by atoms with van der Waals surface area (Å²) >= 11 is 0. The third-order valence-electron chi connectivity index (χ3n) is 8.37. The van der Waals surface area contributed by atoms with Crippen LogP contribution in [0.4, 0.5) is 0 Å². The summed E-state index contributed by atoms with van der Waals surface area (Å²) in [5.74, 6) is 2.33. The van der Waals surface area contributed by atoms with Crippen molar-refractivity contribution < 1.29 is 4.42 Å². The van der Waals surface area contributed by atoms with E-state index in [0.29, 0.717) is 5.92 Å². The van der Waals surface area contributed by atoms with Crippen LogP contribution in [0.5, 0.6) is 0 Å². The van der Waals surface area contributed by atoms with Gasteiger partial charge >= 0.3 is 0 Å². The van der Waals surface area contributed by atoms with Gasteiger partial charge in [0.2, 0.25) is 0 Å². The molecular weight excluding hydrogens is 502 g/mol. The maximum Gasteiger partial charge on any atom is 0.169 e. The number of furan rings is 1. The Balaban J connectivity index is 1.15. The Bertz CT molecular complexity index is 2040. The Morgan fingerprint density at radius 3 is 2.37 bits per heavy atom. The zero-order valence-corrected chi connectivity index (χ0v) is 22.6. The van der Waals surface area contributed by atoms with E-state index < -0.39 is 0 Å². The SMILES string of the molecule is C1=CCC(C2=NC(c3ccc(C4C=c5ccccc5=CC4)cc3)N=C(c3ccc4c(c3)oc3ccccc34)N2)C=C1. The second-order valence-corrected chi connectivity index (χ2v) is 11.0. The highest BCUT2D eigenvalue weighted by molar-refractivity contribution is 6.14. The van der Waals surface area contributed by atoms with Crippen LogP contribution in [0.3, 0.4) is 0 Å².